The van der Waals surface area contributed by atoms with E-state index in [4.69, 9.17) is 0 Å². The molecule has 2 nitrogen and oxygen atoms in total. The predicted molar refractivity (Wildman–Crippen MR) is 89.2 cm³/mol. The van der Waals surface area contributed by atoms with Crippen LogP contribution in [0.15, 0.2) is 47.1 Å². The molecule has 0 fully saturated rings. The van der Waals surface area contributed by atoms with Crippen molar-refractivity contribution in [2.24, 2.45) is 0 Å². The van der Waals surface area contributed by atoms with Gasteiger partial charge in [-0.15, -0.1) is 0 Å². The molecule has 0 aliphatic rings. The third kappa shape index (κ3) is 2.46. The van der Waals surface area contributed by atoms with Crippen molar-refractivity contribution in [1.29, 1.82) is 0 Å². The van der Waals surface area contributed by atoms with Crippen molar-refractivity contribution in [3.8, 4) is 0 Å². The number of aromatic nitrogens is 1. The minimum Gasteiger partial charge on any atom is -0.381 e. The van der Waals surface area contributed by atoms with Crippen molar-refractivity contribution in [2.75, 3.05) is 5.32 Å². The van der Waals surface area contributed by atoms with Gasteiger partial charge in [-0.2, -0.15) is 0 Å². The number of aryl methyl sites for hydroxylation is 2. The van der Waals surface area contributed by atoms with Crippen LogP contribution in [-0.4, -0.2) is 4.98 Å². The minimum atomic E-state index is 0.832. The fourth-order valence-electron chi connectivity index (χ4n) is 2.68. The molecule has 2 aromatic carbocycles. The SMILES string of the molecule is Cc1cc(Br)cc(C)c1NCc1cccc2[nH]ccc12. The van der Waals surface area contributed by atoms with Gasteiger partial charge in [0.15, 0.2) is 0 Å². The van der Waals surface area contributed by atoms with Crippen molar-refractivity contribution in [3.05, 3.63) is 63.8 Å². The minimum absolute atomic E-state index is 0.832. The molecule has 0 bridgehead atoms. The zero-order valence-electron chi connectivity index (χ0n) is 11.6. The average Bonchev–Trinajstić information content (AvgIpc) is 2.86. The Kier molecular flexibility index (Phi) is 3.53. The number of rotatable bonds is 3. The number of aromatic amines is 1. The topological polar surface area (TPSA) is 27.8 Å². The highest BCUT2D eigenvalue weighted by atomic mass is 79.9. The first kappa shape index (κ1) is 13.3. The fraction of sp³-hybridized carbons (Fsp3) is 0.176. The maximum Gasteiger partial charge on any atom is 0.0457 e. The summed E-state index contributed by atoms with van der Waals surface area (Å²) in [7, 11) is 0. The Labute approximate surface area is 127 Å². The Bertz CT molecular complexity index is 736. The summed E-state index contributed by atoms with van der Waals surface area (Å²) < 4.78 is 1.13. The Hall–Kier alpha value is -1.74. The van der Waals surface area contributed by atoms with Gasteiger partial charge in [0, 0.05) is 33.8 Å². The predicted octanol–water partition coefficient (Wildman–Crippen LogP) is 5.16. The van der Waals surface area contributed by atoms with Crippen LogP contribution in [-0.2, 0) is 6.54 Å². The van der Waals surface area contributed by atoms with Gasteiger partial charge in [-0.3, -0.25) is 0 Å². The molecule has 0 saturated heterocycles. The highest BCUT2D eigenvalue weighted by molar-refractivity contribution is 9.10. The smallest absolute Gasteiger partial charge is 0.0457 e. The van der Waals surface area contributed by atoms with Crippen molar-refractivity contribution in [1.82, 2.24) is 4.98 Å². The number of anilines is 1. The number of benzene rings is 2. The lowest BCUT2D eigenvalue weighted by molar-refractivity contribution is 1.14. The van der Waals surface area contributed by atoms with Gasteiger partial charge in [0.05, 0.1) is 0 Å². The molecule has 0 radical (unpaired) electrons. The van der Waals surface area contributed by atoms with Crippen LogP contribution < -0.4 is 5.32 Å². The summed E-state index contributed by atoms with van der Waals surface area (Å²) in [6, 6.07) is 12.8. The Morgan fingerprint density at radius 1 is 1.10 bits per heavy atom. The Morgan fingerprint density at radius 2 is 1.85 bits per heavy atom. The second kappa shape index (κ2) is 5.33. The molecule has 2 N–H and O–H groups in total. The van der Waals surface area contributed by atoms with Crippen molar-refractivity contribution >= 4 is 32.5 Å². The third-order valence-electron chi connectivity index (χ3n) is 3.64. The van der Waals surface area contributed by atoms with E-state index in [1.165, 1.54) is 33.3 Å². The molecule has 102 valence electrons. The summed E-state index contributed by atoms with van der Waals surface area (Å²) in [4.78, 5) is 3.25. The second-order valence-electron chi connectivity index (χ2n) is 5.12. The summed E-state index contributed by atoms with van der Waals surface area (Å²) in [5, 5.41) is 4.86. The fourth-order valence-corrected chi connectivity index (χ4v) is 3.36. The van der Waals surface area contributed by atoms with Crippen LogP contribution in [0.3, 0.4) is 0 Å². The third-order valence-corrected chi connectivity index (χ3v) is 4.10. The summed E-state index contributed by atoms with van der Waals surface area (Å²) in [6.07, 6.45) is 1.99. The van der Waals surface area contributed by atoms with Gasteiger partial charge in [-0.1, -0.05) is 28.1 Å². The summed E-state index contributed by atoms with van der Waals surface area (Å²) in [5.74, 6) is 0. The molecule has 0 aliphatic heterocycles. The Morgan fingerprint density at radius 3 is 2.60 bits per heavy atom. The number of nitrogens with one attached hydrogen (secondary N) is 2. The first-order valence-electron chi connectivity index (χ1n) is 6.71. The number of fused-ring (bicyclic) bond motifs is 1. The van der Waals surface area contributed by atoms with E-state index in [0.29, 0.717) is 0 Å². The first-order valence-corrected chi connectivity index (χ1v) is 7.50. The zero-order valence-corrected chi connectivity index (χ0v) is 13.2. The Balaban J connectivity index is 1.89. The van der Waals surface area contributed by atoms with Crippen molar-refractivity contribution in [3.63, 3.8) is 0 Å². The monoisotopic (exact) mass is 328 g/mol. The molecule has 0 unspecified atom stereocenters. The molecule has 3 heteroatoms. The van der Waals surface area contributed by atoms with Gasteiger partial charge >= 0.3 is 0 Å². The van der Waals surface area contributed by atoms with Crippen LogP contribution in [0.25, 0.3) is 10.9 Å². The van der Waals surface area contributed by atoms with E-state index >= 15 is 0 Å². The molecule has 3 rings (SSSR count). The van der Waals surface area contributed by atoms with E-state index in [1.54, 1.807) is 0 Å². The lowest BCUT2D eigenvalue weighted by Crippen LogP contribution is -2.03. The molecule has 3 aromatic rings. The van der Waals surface area contributed by atoms with E-state index in [2.05, 4.69) is 76.5 Å². The zero-order chi connectivity index (χ0) is 14.1. The molecule has 0 atom stereocenters. The molecule has 20 heavy (non-hydrogen) atoms. The highest BCUT2D eigenvalue weighted by Crippen LogP contribution is 2.26. The van der Waals surface area contributed by atoms with Crippen LogP contribution >= 0.6 is 15.9 Å². The van der Waals surface area contributed by atoms with Gasteiger partial charge in [0.25, 0.3) is 0 Å². The molecule has 1 aromatic heterocycles. The number of halogens is 1. The van der Waals surface area contributed by atoms with Gasteiger partial charge in [-0.25, -0.2) is 0 Å². The highest BCUT2D eigenvalue weighted by Gasteiger charge is 2.06. The summed E-state index contributed by atoms with van der Waals surface area (Å²) >= 11 is 3.54. The maximum absolute atomic E-state index is 3.57. The number of hydrogen-bond acceptors (Lipinski definition) is 1. The molecule has 0 aliphatic carbocycles. The van der Waals surface area contributed by atoms with Crippen LogP contribution in [0.5, 0.6) is 0 Å². The van der Waals surface area contributed by atoms with Crippen LogP contribution in [0.2, 0.25) is 0 Å². The number of hydrogen-bond donors (Lipinski definition) is 2. The first-order chi connectivity index (χ1) is 9.65. The molecule has 1 heterocycles. The summed E-state index contributed by atoms with van der Waals surface area (Å²) in [6.45, 7) is 5.10. The van der Waals surface area contributed by atoms with Gasteiger partial charge in [0.1, 0.15) is 0 Å². The van der Waals surface area contributed by atoms with Gasteiger partial charge in [0.2, 0.25) is 0 Å². The lowest BCUT2D eigenvalue weighted by Gasteiger charge is -2.14. The molecule has 0 saturated carbocycles. The average molecular weight is 329 g/mol. The standard InChI is InChI=1S/C17H17BrN2/c1-11-8-14(18)9-12(2)17(11)20-10-13-4-3-5-16-15(13)6-7-19-16/h3-9,19-20H,10H2,1-2H3. The number of H-pyrrole nitrogens is 1. The normalized spacial score (nSPS) is 10.9. The molecule has 0 spiro atoms. The van der Waals surface area contributed by atoms with Gasteiger partial charge < -0.3 is 10.3 Å². The van der Waals surface area contributed by atoms with Gasteiger partial charge in [-0.05, 0) is 54.8 Å². The summed E-state index contributed by atoms with van der Waals surface area (Å²) in [5.41, 5.74) is 6.25. The molecular formula is C17H17BrN2. The van der Waals surface area contributed by atoms with Crippen LogP contribution in [0.1, 0.15) is 16.7 Å². The van der Waals surface area contributed by atoms with E-state index < -0.39 is 0 Å². The van der Waals surface area contributed by atoms with E-state index in [1.807, 2.05) is 6.20 Å². The lowest BCUT2D eigenvalue weighted by atomic mass is 10.1. The molecule has 0 amide bonds. The van der Waals surface area contributed by atoms with Crippen molar-refractivity contribution < 1.29 is 0 Å². The molecular weight excluding hydrogens is 312 g/mol. The largest absolute Gasteiger partial charge is 0.381 e. The van der Waals surface area contributed by atoms with E-state index in [9.17, 15) is 0 Å². The maximum atomic E-state index is 3.57. The van der Waals surface area contributed by atoms with Crippen LogP contribution in [0, 0.1) is 13.8 Å². The van der Waals surface area contributed by atoms with Crippen LogP contribution in [0.4, 0.5) is 5.69 Å². The van der Waals surface area contributed by atoms with E-state index in [0.717, 1.165) is 11.0 Å². The second-order valence-corrected chi connectivity index (χ2v) is 6.04. The quantitative estimate of drug-likeness (QED) is 0.682. The van der Waals surface area contributed by atoms with Crippen molar-refractivity contribution in [2.45, 2.75) is 20.4 Å². The van der Waals surface area contributed by atoms with E-state index in [-0.39, 0.29) is 0 Å².